The zero-order valence-electron chi connectivity index (χ0n) is 14.7. The van der Waals surface area contributed by atoms with Gasteiger partial charge in [0.05, 0.1) is 20.3 Å². The van der Waals surface area contributed by atoms with Gasteiger partial charge in [-0.3, -0.25) is 4.79 Å². The molecule has 0 aliphatic carbocycles. The van der Waals surface area contributed by atoms with Crippen LogP contribution in [-0.2, 0) is 4.79 Å². The van der Waals surface area contributed by atoms with Crippen LogP contribution in [0.1, 0.15) is 6.92 Å². The van der Waals surface area contributed by atoms with Crippen molar-refractivity contribution in [2.75, 3.05) is 27.4 Å². The number of benzene rings is 2. The smallest absolute Gasteiger partial charge is 0.258 e. The maximum Gasteiger partial charge on any atom is 0.258 e. The van der Waals surface area contributed by atoms with E-state index >= 15 is 0 Å². The molecule has 0 spiro atoms. The molecule has 1 atom stereocenters. The Morgan fingerprint density at radius 3 is 1.76 bits per heavy atom. The van der Waals surface area contributed by atoms with E-state index in [0.717, 1.165) is 17.2 Å². The number of amides is 1. The maximum absolute atomic E-state index is 11.9. The number of carbonyl (C=O) groups excluding carboxylic acids is 1. The molecule has 0 saturated carbocycles. The van der Waals surface area contributed by atoms with Crippen LogP contribution in [0.2, 0.25) is 0 Å². The largest absolute Gasteiger partial charge is 0.497 e. The Kier molecular flexibility index (Phi) is 6.95. The van der Waals surface area contributed by atoms with Gasteiger partial charge in [0.15, 0.2) is 6.61 Å². The van der Waals surface area contributed by atoms with Gasteiger partial charge in [-0.25, -0.2) is 0 Å². The van der Waals surface area contributed by atoms with E-state index in [4.69, 9.17) is 18.9 Å². The van der Waals surface area contributed by atoms with Crippen LogP contribution in [0.5, 0.6) is 23.0 Å². The molecule has 25 heavy (non-hydrogen) atoms. The van der Waals surface area contributed by atoms with Crippen molar-refractivity contribution in [2.24, 2.45) is 0 Å². The molecule has 6 nitrogen and oxygen atoms in total. The van der Waals surface area contributed by atoms with Gasteiger partial charge in [0.1, 0.15) is 29.6 Å². The minimum Gasteiger partial charge on any atom is -0.497 e. The van der Waals surface area contributed by atoms with Gasteiger partial charge in [-0.1, -0.05) is 0 Å². The highest BCUT2D eigenvalue weighted by molar-refractivity contribution is 5.77. The summed E-state index contributed by atoms with van der Waals surface area (Å²) >= 11 is 0. The second-order valence-corrected chi connectivity index (χ2v) is 5.42. The first-order valence-corrected chi connectivity index (χ1v) is 7.94. The lowest BCUT2D eigenvalue weighted by Crippen LogP contribution is -2.39. The molecule has 1 amide bonds. The molecule has 6 heteroatoms. The lowest BCUT2D eigenvalue weighted by molar-refractivity contribution is -0.123. The maximum atomic E-state index is 11.9. The first kappa shape index (κ1) is 18.4. The van der Waals surface area contributed by atoms with Gasteiger partial charge in [-0.05, 0) is 55.5 Å². The highest BCUT2D eigenvalue weighted by Gasteiger charge is 2.09. The molecular formula is C19H23NO5. The van der Waals surface area contributed by atoms with E-state index in [-0.39, 0.29) is 18.6 Å². The molecule has 0 radical (unpaired) electrons. The number of carbonyl (C=O) groups is 1. The van der Waals surface area contributed by atoms with Crippen molar-refractivity contribution in [1.29, 1.82) is 0 Å². The van der Waals surface area contributed by atoms with Crippen LogP contribution >= 0.6 is 0 Å². The van der Waals surface area contributed by atoms with Gasteiger partial charge in [-0.2, -0.15) is 0 Å². The summed E-state index contributed by atoms with van der Waals surface area (Å²) in [7, 11) is 3.21. The average molecular weight is 345 g/mol. The molecule has 0 aliphatic heterocycles. The Labute approximate surface area is 147 Å². The predicted molar refractivity (Wildman–Crippen MR) is 94.6 cm³/mol. The van der Waals surface area contributed by atoms with Crippen molar-refractivity contribution in [3.63, 3.8) is 0 Å². The summed E-state index contributed by atoms with van der Waals surface area (Å²) < 4.78 is 21.2. The van der Waals surface area contributed by atoms with Crippen LogP contribution < -0.4 is 24.3 Å². The Morgan fingerprint density at radius 1 is 0.840 bits per heavy atom. The highest BCUT2D eigenvalue weighted by Crippen LogP contribution is 2.17. The minimum atomic E-state index is -0.207. The van der Waals surface area contributed by atoms with Crippen molar-refractivity contribution in [3.8, 4) is 23.0 Å². The van der Waals surface area contributed by atoms with Crippen LogP contribution in [0.25, 0.3) is 0 Å². The van der Waals surface area contributed by atoms with Crippen molar-refractivity contribution < 1.29 is 23.7 Å². The first-order valence-electron chi connectivity index (χ1n) is 7.94. The van der Waals surface area contributed by atoms with E-state index in [1.54, 1.807) is 38.5 Å². The fraction of sp³-hybridized carbons (Fsp3) is 0.316. The van der Waals surface area contributed by atoms with Gasteiger partial charge < -0.3 is 24.3 Å². The standard InChI is InChI=1S/C19H23NO5/c1-14(12-24-17-8-4-15(22-2)5-9-17)20-19(21)13-25-18-10-6-16(23-3)7-11-18/h4-11,14H,12-13H2,1-3H3,(H,20,21)/t14-/m0/s1. The summed E-state index contributed by atoms with van der Waals surface area (Å²) in [5.41, 5.74) is 0. The van der Waals surface area contributed by atoms with E-state index in [0.29, 0.717) is 12.4 Å². The Bertz CT molecular complexity index is 655. The fourth-order valence-corrected chi connectivity index (χ4v) is 2.07. The summed E-state index contributed by atoms with van der Waals surface area (Å²) in [4.78, 5) is 11.9. The summed E-state index contributed by atoms with van der Waals surface area (Å²) in [5, 5.41) is 2.83. The fourth-order valence-electron chi connectivity index (χ4n) is 2.07. The Balaban J connectivity index is 1.69. The van der Waals surface area contributed by atoms with Crippen molar-refractivity contribution in [2.45, 2.75) is 13.0 Å². The molecule has 0 bridgehead atoms. The summed E-state index contributed by atoms with van der Waals surface area (Å²) in [5.74, 6) is 2.63. The summed E-state index contributed by atoms with van der Waals surface area (Å²) in [6.07, 6.45) is 0. The SMILES string of the molecule is COc1ccc(OCC(=O)N[C@@H](C)COc2ccc(OC)cc2)cc1. The lowest BCUT2D eigenvalue weighted by Gasteiger charge is -2.15. The Hall–Kier alpha value is -2.89. The van der Waals surface area contributed by atoms with Crippen LogP contribution in [0.4, 0.5) is 0 Å². The monoisotopic (exact) mass is 345 g/mol. The molecule has 0 saturated heterocycles. The average Bonchev–Trinajstić information content (AvgIpc) is 2.65. The second-order valence-electron chi connectivity index (χ2n) is 5.42. The van der Waals surface area contributed by atoms with Gasteiger partial charge in [-0.15, -0.1) is 0 Å². The molecule has 0 aliphatic rings. The molecule has 0 aromatic heterocycles. The molecule has 0 unspecified atom stereocenters. The van der Waals surface area contributed by atoms with Crippen LogP contribution in [0.3, 0.4) is 0 Å². The lowest BCUT2D eigenvalue weighted by atomic mass is 10.3. The third-order valence-electron chi connectivity index (χ3n) is 3.40. The van der Waals surface area contributed by atoms with Crippen molar-refractivity contribution in [3.05, 3.63) is 48.5 Å². The van der Waals surface area contributed by atoms with E-state index in [1.165, 1.54) is 0 Å². The third-order valence-corrected chi connectivity index (χ3v) is 3.40. The van der Waals surface area contributed by atoms with E-state index in [2.05, 4.69) is 5.32 Å². The molecular weight excluding hydrogens is 322 g/mol. The van der Waals surface area contributed by atoms with E-state index in [1.807, 2.05) is 31.2 Å². The van der Waals surface area contributed by atoms with Gasteiger partial charge in [0.25, 0.3) is 5.91 Å². The number of rotatable bonds is 9. The van der Waals surface area contributed by atoms with Crippen LogP contribution in [0.15, 0.2) is 48.5 Å². The number of hydrogen-bond acceptors (Lipinski definition) is 5. The summed E-state index contributed by atoms with van der Waals surface area (Å²) in [6, 6.07) is 14.2. The van der Waals surface area contributed by atoms with E-state index in [9.17, 15) is 4.79 Å². The number of ether oxygens (including phenoxy) is 4. The number of methoxy groups -OCH3 is 2. The van der Waals surface area contributed by atoms with Gasteiger partial charge >= 0.3 is 0 Å². The quantitative estimate of drug-likeness (QED) is 0.757. The highest BCUT2D eigenvalue weighted by atomic mass is 16.5. The second kappa shape index (κ2) is 9.42. The normalized spacial score (nSPS) is 11.3. The van der Waals surface area contributed by atoms with Crippen LogP contribution in [-0.4, -0.2) is 39.4 Å². The summed E-state index contributed by atoms with van der Waals surface area (Å²) in [6.45, 7) is 2.18. The number of nitrogens with one attached hydrogen (secondary N) is 1. The molecule has 2 rings (SSSR count). The van der Waals surface area contributed by atoms with Gasteiger partial charge in [0, 0.05) is 0 Å². The third kappa shape index (κ3) is 6.25. The van der Waals surface area contributed by atoms with Crippen molar-refractivity contribution >= 4 is 5.91 Å². The zero-order valence-corrected chi connectivity index (χ0v) is 14.7. The number of hydrogen-bond donors (Lipinski definition) is 1. The first-order chi connectivity index (χ1) is 12.1. The van der Waals surface area contributed by atoms with E-state index < -0.39 is 0 Å². The predicted octanol–water partition coefficient (Wildman–Crippen LogP) is 2.67. The molecule has 2 aromatic carbocycles. The molecule has 1 N–H and O–H groups in total. The molecule has 2 aromatic rings. The minimum absolute atomic E-state index is 0.0563. The zero-order chi connectivity index (χ0) is 18.1. The van der Waals surface area contributed by atoms with Gasteiger partial charge in [0.2, 0.25) is 0 Å². The Morgan fingerprint density at radius 2 is 1.28 bits per heavy atom. The molecule has 0 fully saturated rings. The molecule has 0 heterocycles. The molecule has 134 valence electrons. The van der Waals surface area contributed by atoms with Crippen molar-refractivity contribution in [1.82, 2.24) is 5.32 Å². The topological polar surface area (TPSA) is 66.0 Å². The van der Waals surface area contributed by atoms with Crippen LogP contribution in [0, 0.1) is 0 Å².